The Morgan fingerprint density at radius 2 is 2.09 bits per heavy atom. The lowest BCUT2D eigenvalue weighted by Crippen LogP contribution is -2.33. The van der Waals surface area contributed by atoms with Crippen LogP contribution >= 0.6 is 0 Å². The average Bonchev–Trinajstić information content (AvgIpc) is 2.83. The smallest absolute Gasteiger partial charge is 0.393 e. The van der Waals surface area contributed by atoms with E-state index in [0.29, 0.717) is 12.3 Å². The highest BCUT2D eigenvalue weighted by Crippen LogP contribution is 2.38. The predicted molar refractivity (Wildman–Crippen MR) is 73.7 cm³/mol. The number of carboxylic acid groups (broad SMARTS) is 1. The molecule has 0 spiro atoms. The Balaban J connectivity index is 2.11. The van der Waals surface area contributed by atoms with Crippen molar-refractivity contribution in [2.75, 3.05) is 20.2 Å². The first-order chi connectivity index (χ1) is 10.2. The fourth-order valence-corrected chi connectivity index (χ4v) is 2.89. The molecule has 1 aliphatic heterocycles. The Labute approximate surface area is 126 Å². The topological polar surface area (TPSA) is 49.8 Å². The molecular weight excluding hydrogens is 299 g/mol. The highest BCUT2D eigenvalue weighted by Gasteiger charge is 2.52. The zero-order valence-electron chi connectivity index (χ0n) is 12.4. The summed E-state index contributed by atoms with van der Waals surface area (Å²) in [5.74, 6) is -3.90. The number of likely N-dealkylation sites (tertiary alicyclic amines) is 1. The summed E-state index contributed by atoms with van der Waals surface area (Å²) in [6.45, 7) is 1.77. The first-order valence-corrected chi connectivity index (χ1v) is 6.87. The molecule has 1 saturated heterocycles. The molecule has 0 aromatic heterocycles. The Kier molecular flexibility index (Phi) is 4.65. The molecule has 0 amide bonds. The zero-order chi connectivity index (χ0) is 16.5. The summed E-state index contributed by atoms with van der Waals surface area (Å²) in [4.78, 5) is 12.6. The summed E-state index contributed by atoms with van der Waals surface area (Å²) < 4.78 is 44.0. The Bertz CT molecular complexity index is 559. The number of hydrogen-bond donors (Lipinski definition) is 1. The second kappa shape index (κ2) is 6.16. The van der Waals surface area contributed by atoms with Gasteiger partial charge in [0, 0.05) is 19.6 Å². The van der Waals surface area contributed by atoms with Gasteiger partial charge in [-0.1, -0.05) is 12.1 Å². The third-order valence-corrected chi connectivity index (χ3v) is 4.00. The monoisotopic (exact) mass is 317 g/mol. The van der Waals surface area contributed by atoms with Gasteiger partial charge in [-0.3, -0.25) is 9.69 Å². The van der Waals surface area contributed by atoms with Crippen LogP contribution in [0.25, 0.3) is 0 Å². The van der Waals surface area contributed by atoms with Gasteiger partial charge >= 0.3 is 12.1 Å². The number of aliphatic carboxylic acids is 1. The lowest BCUT2D eigenvalue weighted by molar-refractivity contribution is -0.188. The van der Waals surface area contributed by atoms with Crippen LogP contribution in [0.15, 0.2) is 18.2 Å². The minimum absolute atomic E-state index is 0.0927. The van der Waals surface area contributed by atoms with Gasteiger partial charge in [-0.25, -0.2) is 0 Å². The number of carboxylic acids is 1. The quantitative estimate of drug-likeness (QED) is 0.927. The van der Waals surface area contributed by atoms with Gasteiger partial charge in [0.1, 0.15) is 5.75 Å². The van der Waals surface area contributed by atoms with Crippen molar-refractivity contribution in [3.63, 3.8) is 0 Å². The molecule has 1 aromatic rings. The molecule has 1 N–H and O–H groups in total. The number of rotatable bonds is 4. The van der Waals surface area contributed by atoms with Gasteiger partial charge in [-0.05, 0) is 24.1 Å². The molecule has 0 bridgehead atoms. The van der Waals surface area contributed by atoms with E-state index in [1.54, 1.807) is 19.2 Å². The van der Waals surface area contributed by atoms with Crippen LogP contribution in [-0.4, -0.2) is 42.4 Å². The second-order valence-electron chi connectivity index (χ2n) is 5.59. The van der Waals surface area contributed by atoms with Gasteiger partial charge in [0.15, 0.2) is 0 Å². The highest BCUT2D eigenvalue weighted by atomic mass is 19.4. The van der Waals surface area contributed by atoms with E-state index in [1.165, 1.54) is 4.90 Å². The standard InChI is InChI=1S/C15H18F3NO3/c1-9-5-10(3-4-13(9)22-2)6-19-7-11(14(20)21)12(8-19)15(16,17)18/h3-5,11-12H,6-8H2,1-2H3,(H,20,21)/t11-,12-/m1/s1. The number of methoxy groups -OCH3 is 1. The first kappa shape index (κ1) is 16.6. The number of nitrogens with zero attached hydrogens (tertiary/aromatic N) is 1. The zero-order valence-corrected chi connectivity index (χ0v) is 12.4. The Morgan fingerprint density at radius 1 is 1.41 bits per heavy atom. The molecule has 122 valence electrons. The van der Waals surface area contributed by atoms with E-state index < -0.39 is 24.0 Å². The highest BCUT2D eigenvalue weighted by molar-refractivity contribution is 5.71. The molecule has 2 atom stereocenters. The molecule has 0 saturated carbocycles. The van der Waals surface area contributed by atoms with Crippen LogP contribution in [0.2, 0.25) is 0 Å². The Hall–Kier alpha value is -1.76. The third kappa shape index (κ3) is 3.52. The van der Waals surface area contributed by atoms with Crippen LogP contribution in [0.1, 0.15) is 11.1 Å². The van der Waals surface area contributed by atoms with Crippen LogP contribution in [0.5, 0.6) is 5.75 Å². The van der Waals surface area contributed by atoms with Crippen LogP contribution in [0, 0.1) is 18.8 Å². The lowest BCUT2D eigenvalue weighted by atomic mass is 9.96. The predicted octanol–water partition coefficient (Wildman–Crippen LogP) is 2.70. The van der Waals surface area contributed by atoms with E-state index >= 15 is 0 Å². The van der Waals surface area contributed by atoms with Crippen molar-refractivity contribution < 1.29 is 27.8 Å². The molecule has 4 nitrogen and oxygen atoms in total. The van der Waals surface area contributed by atoms with Crippen molar-refractivity contribution >= 4 is 5.97 Å². The number of ether oxygens (including phenoxy) is 1. The third-order valence-electron chi connectivity index (χ3n) is 4.00. The number of aryl methyl sites for hydroxylation is 1. The van der Waals surface area contributed by atoms with Gasteiger partial charge in [0.2, 0.25) is 0 Å². The fourth-order valence-electron chi connectivity index (χ4n) is 2.89. The summed E-state index contributed by atoms with van der Waals surface area (Å²) in [5.41, 5.74) is 1.73. The minimum Gasteiger partial charge on any atom is -0.496 e. The van der Waals surface area contributed by atoms with Gasteiger partial charge in [-0.15, -0.1) is 0 Å². The molecule has 1 fully saturated rings. The maximum absolute atomic E-state index is 12.9. The number of halogens is 3. The molecule has 1 aliphatic rings. The van der Waals surface area contributed by atoms with Crippen LogP contribution in [0.3, 0.4) is 0 Å². The van der Waals surface area contributed by atoms with Crippen molar-refractivity contribution in [3.8, 4) is 5.75 Å². The van der Waals surface area contributed by atoms with Crippen molar-refractivity contribution in [2.24, 2.45) is 11.8 Å². The van der Waals surface area contributed by atoms with Crippen LogP contribution < -0.4 is 4.74 Å². The molecule has 1 heterocycles. The van der Waals surface area contributed by atoms with E-state index in [9.17, 15) is 18.0 Å². The minimum atomic E-state index is -4.49. The van der Waals surface area contributed by atoms with Gasteiger partial charge in [-0.2, -0.15) is 13.2 Å². The number of benzene rings is 1. The van der Waals surface area contributed by atoms with Crippen LogP contribution in [-0.2, 0) is 11.3 Å². The van der Waals surface area contributed by atoms with E-state index in [4.69, 9.17) is 9.84 Å². The van der Waals surface area contributed by atoms with Gasteiger partial charge in [0.25, 0.3) is 0 Å². The summed E-state index contributed by atoms with van der Waals surface area (Å²) in [7, 11) is 1.55. The van der Waals surface area contributed by atoms with Crippen molar-refractivity contribution in [3.05, 3.63) is 29.3 Å². The molecule has 0 unspecified atom stereocenters. The Morgan fingerprint density at radius 3 is 2.55 bits per heavy atom. The summed E-state index contributed by atoms with van der Waals surface area (Å²) in [5, 5.41) is 9.00. The van der Waals surface area contributed by atoms with Crippen LogP contribution in [0.4, 0.5) is 13.2 Å². The summed E-state index contributed by atoms with van der Waals surface area (Å²) >= 11 is 0. The van der Waals surface area contributed by atoms with Gasteiger partial charge in [0.05, 0.1) is 18.9 Å². The number of alkyl halides is 3. The first-order valence-electron chi connectivity index (χ1n) is 6.87. The van der Waals surface area contributed by atoms with E-state index in [0.717, 1.165) is 11.1 Å². The molecule has 2 rings (SSSR count). The molecule has 22 heavy (non-hydrogen) atoms. The fraction of sp³-hybridized carbons (Fsp3) is 0.533. The summed E-state index contributed by atoms with van der Waals surface area (Å²) in [6.07, 6.45) is -4.49. The maximum Gasteiger partial charge on any atom is 0.393 e. The molecule has 7 heteroatoms. The molecule has 0 radical (unpaired) electrons. The number of hydrogen-bond acceptors (Lipinski definition) is 3. The van der Waals surface area contributed by atoms with Crippen molar-refractivity contribution in [1.82, 2.24) is 4.90 Å². The van der Waals surface area contributed by atoms with E-state index in [1.807, 2.05) is 13.0 Å². The summed E-state index contributed by atoms with van der Waals surface area (Å²) in [6, 6.07) is 5.38. The van der Waals surface area contributed by atoms with Gasteiger partial charge < -0.3 is 9.84 Å². The maximum atomic E-state index is 12.9. The largest absolute Gasteiger partial charge is 0.496 e. The molecule has 0 aliphatic carbocycles. The SMILES string of the molecule is COc1ccc(CN2C[C@@H](C(F)(F)F)[C@H](C(=O)O)C2)cc1C. The molecule has 1 aromatic carbocycles. The van der Waals surface area contributed by atoms with Crippen molar-refractivity contribution in [2.45, 2.75) is 19.6 Å². The average molecular weight is 317 g/mol. The van der Waals surface area contributed by atoms with E-state index in [-0.39, 0.29) is 13.1 Å². The lowest BCUT2D eigenvalue weighted by Gasteiger charge is -2.18. The van der Waals surface area contributed by atoms with Crippen molar-refractivity contribution in [1.29, 1.82) is 0 Å². The second-order valence-corrected chi connectivity index (χ2v) is 5.59. The van der Waals surface area contributed by atoms with E-state index in [2.05, 4.69) is 0 Å². The number of carbonyl (C=O) groups is 1. The normalized spacial score (nSPS) is 22.8. The molecular formula is C15H18F3NO3.